The van der Waals surface area contributed by atoms with Crippen molar-refractivity contribution < 1.29 is 13.6 Å². The van der Waals surface area contributed by atoms with Crippen LogP contribution in [0, 0.1) is 5.92 Å². The van der Waals surface area contributed by atoms with Gasteiger partial charge in [-0.3, -0.25) is 4.79 Å². The molecule has 1 unspecified atom stereocenters. The van der Waals surface area contributed by atoms with E-state index in [1.807, 2.05) is 6.92 Å². The summed E-state index contributed by atoms with van der Waals surface area (Å²) in [6, 6.07) is 0.984. The van der Waals surface area contributed by atoms with E-state index in [4.69, 9.17) is 14.6 Å². The molecule has 0 rings (SSSR count). The minimum atomic E-state index is -1.90. The molecule has 0 radical (unpaired) electrons. The van der Waals surface area contributed by atoms with Crippen LogP contribution in [-0.4, -0.2) is 40.2 Å². The molecule has 0 spiro atoms. The van der Waals surface area contributed by atoms with Gasteiger partial charge >= 0.3 is 8.56 Å². The lowest BCUT2D eigenvalue weighted by Crippen LogP contribution is -2.35. The molecule has 1 atom stereocenters. The lowest BCUT2D eigenvalue weighted by Gasteiger charge is -2.22. The molecular formula is C10H23NO3SSi. The number of thioether (sulfide) groups is 1. The van der Waals surface area contributed by atoms with Crippen molar-refractivity contribution in [2.45, 2.75) is 25.9 Å². The number of hydrogen-bond donors (Lipinski definition) is 1. The quantitative estimate of drug-likeness (QED) is 0.508. The van der Waals surface area contributed by atoms with E-state index in [0.29, 0.717) is 0 Å². The Bertz CT molecular complexity index is 212. The molecule has 0 aliphatic heterocycles. The highest BCUT2D eigenvalue weighted by atomic mass is 32.2. The number of carbonyl (C=O) groups excluding carboxylic acids is 1. The highest BCUT2D eigenvalue weighted by Gasteiger charge is 2.27. The zero-order chi connectivity index (χ0) is 12.6. The lowest BCUT2D eigenvalue weighted by molar-refractivity contribution is -0.120. The van der Waals surface area contributed by atoms with Crippen LogP contribution < -0.4 is 5.73 Å². The van der Waals surface area contributed by atoms with E-state index in [0.717, 1.165) is 24.0 Å². The van der Waals surface area contributed by atoms with Crippen LogP contribution in [0.5, 0.6) is 0 Å². The summed E-state index contributed by atoms with van der Waals surface area (Å²) in [5.41, 5.74) is 5.18. The van der Waals surface area contributed by atoms with Crippen molar-refractivity contribution in [1.29, 1.82) is 0 Å². The number of rotatable bonds is 9. The topological polar surface area (TPSA) is 61.5 Å². The molecule has 0 aromatic heterocycles. The summed E-state index contributed by atoms with van der Waals surface area (Å²) in [5.74, 6) is 1.56. The SMILES string of the molecule is CO[Si](C)(CCCSCC(C)C(N)=O)OC. The number of amides is 1. The van der Waals surface area contributed by atoms with Crippen LogP contribution in [0.1, 0.15) is 13.3 Å². The zero-order valence-electron chi connectivity index (χ0n) is 10.6. The summed E-state index contributed by atoms with van der Waals surface area (Å²) < 4.78 is 10.8. The van der Waals surface area contributed by atoms with Gasteiger partial charge in [0.15, 0.2) is 0 Å². The Balaban J connectivity index is 3.57. The number of hydrogen-bond acceptors (Lipinski definition) is 4. The molecule has 0 aliphatic carbocycles. The number of nitrogens with two attached hydrogens (primary N) is 1. The van der Waals surface area contributed by atoms with Gasteiger partial charge in [-0.15, -0.1) is 0 Å². The van der Waals surface area contributed by atoms with Crippen LogP contribution in [0.2, 0.25) is 12.6 Å². The van der Waals surface area contributed by atoms with E-state index in [9.17, 15) is 4.79 Å². The first-order chi connectivity index (χ1) is 7.45. The van der Waals surface area contributed by atoms with E-state index < -0.39 is 8.56 Å². The van der Waals surface area contributed by atoms with Crippen molar-refractivity contribution in [3.05, 3.63) is 0 Å². The van der Waals surface area contributed by atoms with Crippen molar-refractivity contribution in [3.63, 3.8) is 0 Å². The fraction of sp³-hybridized carbons (Fsp3) is 0.900. The highest BCUT2D eigenvalue weighted by Crippen LogP contribution is 2.17. The fourth-order valence-corrected chi connectivity index (χ4v) is 3.81. The van der Waals surface area contributed by atoms with Gasteiger partial charge in [-0.1, -0.05) is 6.92 Å². The van der Waals surface area contributed by atoms with E-state index in [1.165, 1.54) is 0 Å². The maximum atomic E-state index is 10.8. The van der Waals surface area contributed by atoms with Gasteiger partial charge in [-0.05, 0) is 24.8 Å². The van der Waals surface area contributed by atoms with Crippen molar-refractivity contribution in [3.8, 4) is 0 Å². The van der Waals surface area contributed by atoms with E-state index in [-0.39, 0.29) is 11.8 Å². The van der Waals surface area contributed by atoms with Crippen LogP contribution in [0.25, 0.3) is 0 Å². The fourth-order valence-electron chi connectivity index (χ4n) is 1.13. The first-order valence-electron chi connectivity index (χ1n) is 5.42. The summed E-state index contributed by atoms with van der Waals surface area (Å²) in [5, 5.41) is 0. The minimum absolute atomic E-state index is 0.0431. The molecule has 0 saturated carbocycles. The van der Waals surface area contributed by atoms with Gasteiger partial charge in [0.25, 0.3) is 0 Å². The maximum absolute atomic E-state index is 10.8. The van der Waals surface area contributed by atoms with Crippen LogP contribution in [0.4, 0.5) is 0 Å². The molecule has 0 bridgehead atoms. The van der Waals surface area contributed by atoms with E-state index in [2.05, 4.69) is 6.55 Å². The van der Waals surface area contributed by atoms with Crippen molar-refractivity contribution in [2.75, 3.05) is 25.7 Å². The number of primary amides is 1. The third kappa shape index (κ3) is 6.52. The van der Waals surface area contributed by atoms with Crippen molar-refractivity contribution in [1.82, 2.24) is 0 Å². The van der Waals surface area contributed by atoms with Gasteiger partial charge in [0, 0.05) is 25.9 Å². The highest BCUT2D eigenvalue weighted by molar-refractivity contribution is 7.99. The Morgan fingerprint density at radius 2 is 2.00 bits per heavy atom. The van der Waals surface area contributed by atoms with Gasteiger partial charge in [0.1, 0.15) is 0 Å². The second-order valence-corrected chi connectivity index (χ2v) is 8.76. The first-order valence-corrected chi connectivity index (χ1v) is 9.10. The second-order valence-electron chi connectivity index (χ2n) is 4.02. The predicted molar refractivity (Wildman–Crippen MR) is 70.7 cm³/mol. The molecule has 0 aromatic carbocycles. The Kier molecular flexibility index (Phi) is 8.09. The van der Waals surface area contributed by atoms with Gasteiger partial charge < -0.3 is 14.6 Å². The zero-order valence-corrected chi connectivity index (χ0v) is 12.4. The van der Waals surface area contributed by atoms with Crippen LogP contribution in [-0.2, 0) is 13.6 Å². The lowest BCUT2D eigenvalue weighted by atomic mass is 10.2. The molecule has 1 amide bonds. The second kappa shape index (κ2) is 8.11. The third-order valence-corrected chi connectivity index (χ3v) is 6.94. The summed E-state index contributed by atoms with van der Waals surface area (Å²) in [4.78, 5) is 10.8. The molecule has 0 fully saturated rings. The summed E-state index contributed by atoms with van der Waals surface area (Å²) >= 11 is 1.76. The van der Waals surface area contributed by atoms with Crippen LogP contribution >= 0.6 is 11.8 Å². The smallest absolute Gasteiger partial charge is 0.334 e. The molecule has 0 aromatic rings. The van der Waals surface area contributed by atoms with Gasteiger partial charge in [0.05, 0.1) is 0 Å². The molecular weight excluding hydrogens is 242 g/mol. The number of carbonyl (C=O) groups is 1. The summed E-state index contributed by atoms with van der Waals surface area (Å²) in [6.07, 6.45) is 1.06. The predicted octanol–water partition coefficient (Wildman–Crippen LogP) is 1.60. The third-order valence-electron chi connectivity index (χ3n) is 2.64. The van der Waals surface area contributed by atoms with Gasteiger partial charge in [-0.25, -0.2) is 0 Å². The summed E-state index contributed by atoms with van der Waals surface area (Å²) in [7, 11) is 1.51. The van der Waals surface area contributed by atoms with E-state index in [1.54, 1.807) is 26.0 Å². The Hall–Kier alpha value is -0.0431. The maximum Gasteiger partial charge on any atom is 0.334 e. The standard InChI is InChI=1S/C10H23NO3SSi/c1-9(10(11)12)8-15-6-5-7-16(4,13-2)14-3/h9H,5-8H2,1-4H3,(H2,11,12). The average Bonchev–Trinajstić information content (AvgIpc) is 2.27. The summed E-state index contributed by atoms with van der Waals surface area (Å²) in [6.45, 7) is 3.92. The van der Waals surface area contributed by atoms with Crippen molar-refractivity contribution >= 4 is 26.2 Å². The van der Waals surface area contributed by atoms with Crippen molar-refractivity contribution in [2.24, 2.45) is 11.7 Å². The molecule has 2 N–H and O–H groups in total. The minimum Gasteiger partial charge on any atom is -0.398 e. The van der Waals surface area contributed by atoms with Crippen LogP contribution in [0.15, 0.2) is 0 Å². The first kappa shape index (κ1) is 16.0. The molecule has 96 valence electrons. The largest absolute Gasteiger partial charge is 0.398 e. The van der Waals surface area contributed by atoms with E-state index >= 15 is 0 Å². The molecule has 0 heterocycles. The Morgan fingerprint density at radius 3 is 2.44 bits per heavy atom. The normalized spacial score (nSPS) is 13.8. The molecule has 4 nitrogen and oxygen atoms in total. The molecule has 16 heavy (non-hydrogen) atoms. The molecule has 0 aliphatic rings. The monoisotopic (exact) mass is 265 g/mol. The van der Waals surface area contributed by atoms with Gasteiger partial charge in [-0.2, -0.15) is 11.8 Å². The van der Waals surface area contributed by atoms with Crippen LogP contribution in [0.3, 0.4) is 0 Å². The average molecular weight is 265 g/mol. The van der Waals surface area contributed by atoms with Gasteiger partial charge in [0.2, 0.25) is 5.91 Å². The molecule has 0 saturated heterocycles. The Labute approximate surface area is 104 Å². The Morgan fingerprint density at radius 1 is 1.44 bits per heavy atom. The molecule has 6 heteroatoms.